The molecule has 10 atom stereocenters. The van der Waals surface area contributed by atoms with Crippen LogP contribution in [0.25, 0.3) is 10.8 Å². The number of benzene rings is 4. The second kappa shape index (κ2) is 36.1. The number of aliphatic imine (C=N–C) groups is 1. The number of phenolic OH excluding ortho intramolecular Hbond substituents is 1. The van der Waals surface area contributed by atoms with E-state index in [1.165, 1.54) is 48.2 Å². The van der Waals surface area contributed by atoms with Crippen molar-refractivity contribution >= 4 is 105 Å². The van der Waals surface area contributed by atoms with E-state index in [1.54, 1.807) is 32.0 Å². The predicted octanol–water partition coefficient (Wildman–Crippen LogP) is -1.00. The van der Waals surface area contributed by atoms with Gasteiger partial charge in [0.2, 0.25) is 70.9 Å². The third-order valence-electron chi connectivity index (χ3n) is 16.7. The quantitative estimate of drug-likeness (QED) is 0.0246. The summed E-state index contributed by atoms with van der Waals surface area (Å²) in [5, 5.41) is 51.2. The van der Waals surface area contributed by atoms with Crippen molar-refractivity contribution in [3.63, 3.8) is 0 Å². The molecule has 526 valence electrons. The van der Waals surface area contributed by atoms with E-state index in [9.17, 15) is 58.2 Å². The van der Waals surface area contributed by atoms with Gasteiger partial charge in [0.1, 0.15) is 66.2 Å². The number of hydrogen-bond acceptors (Lipinski definition) is 15. The highest BCUT2D eigenvalue weighted by molar-refractivity contribution is 6.30. The Morgan fingerprint density at radius 3 is 1.96 bits per heavy atom. The number of nitrogens with zero attached hydrogens (tertiary/aromatic N) is 2. The van der Waals surface area contributed by atoms with Crippen LogP contribution < -0.4 is 70.0 Å². The molecule has 17 N–H and O–H groups in total. The summed E-state index contributed by atoms with van der Waals surface area (Å²) in [6.45, 7) is 3.75. The molecule has 4 aromatic rings. The molecule has 0 aliphatic carbocycles. The molecule has 12 amide bonds. The molecule has 8 rings (SSSR count). The summed E-state index contributed by atoms with van der Waals surface area (Å²) >= 11 is 6.24. The van der Waals surface area contributed by atoms with Crippen LogP contribution >= 0.6 is 11.6 Å². The van der Waals surface area contributed by atoms with E-state index in [0.29, 0.717) is 21.7 Å². The number of carboxylic acids is 1. The molecule has 4 fully saturated rings. The maximum absolute atomic E-state index is 15.2. The summed E-state index contributed by atoms with van der Waals surface area (Å²) in [5.74, 6) is -13.8. The summed E-state index contributed by atoms with van der Waals surface area (Å²) in [5.41, 5.74) is 12.6. The number of halogens is 1. The lowest BCUT2D eigenvalue weighted by Crippen LogP contribution is -2.61. The second-order valence-corrected chi connectivity index (χ2v) is 25.4. The highest BCUT2D eigenvalue weighted by Crippen LogP contribution is 2.23. The number of rotatable bonds is 18. The lowest BCUT2D eigenvalue weighted by molar-refractivity contribution is -0.145. The normalized spacial score (nSPS) is 22.7. The average molecular weight is 1380 g/mol. The van der Waals surface area contributed by atoms with E-state index in [1.807, 2.05) is 36.4 Å². The number of carbonyl (C=O) groups is 13. The SMILES string of the molecule is CC(=O)N[C@H](Cc1ccc2ccccc2c1)C(=O)N[C@H](Cc1ccc(Cl)cc1)C(=O)N[C@@H]1CC(=O)NCCCC[C@@H]2NC(=O)[C@H](CC(C)C)NC(=O)[C@@H](CCCN=C(N)N)NC(=O)[C@H](Cc3ccc(O)cc3)NC(=O)[C@H](CC(=O)NC[C@@H](C(=O)O)NC(=O)[C@@H]3CCCN3C2=O)NC1=O. The molecule has 0 spiro atoms. The zero-order valence-corrected chi connectivity index (χ0v) is 55.4. The lowest BCUT2D eigenvalue weighted by atomic mass is 10.00. The van der Waals surface area contributed by atoms with Gasteiger partial charge >= 0.3 is 5.97 Å². The van der Waals surface area contributed by atoms with Crippen LogP contribution in [0.5, 0.6) is 5.75 Å². The van der Waals surface area contributed by atoms with Gasteiger partial charge in [-0.15, -0.1) is 0 Å². The Bertz CT molecular complexity index is 3610. The Morgan fingerprint density at radius 2 is 1.27 bits per heavy atom. The summed E-state index contributed by atoms with van der Waals surface area (Å²) < 4.78 is 0. The van der Waals surface area contributed by atoms with Crippen molar-refractivity contribution in [3.8, 4) is 5.75 Å². The topological polar surface area (TPSA) is 462 Å². The highest BCUT2D eigenvalue weighted by Gasteiger charge is 2.41. The Morgan fingerprint density at radius 1 is 0.643 bits per heavy atom. The van der Waals surface area contributed by atoms with Crippen LogP contribution in [0.15, 0.2) is 96.0 Å². The van der Waals surface area contributed by atoms with Crippen molar-refractivity contribution in [3.05, 3.63) is 113 Å². The van der Waals surface area contributed by atoms with Crippen LogP contribution in [0, 0.1) is 5.92 Å². The van der Waals surface area contributed by atoms with Gasteiger partial charge < -0.3 is 85.1 Å². The number of phenols is 1. The number of aromatic hydroxyl groups is 1. The molecule has 4 aliphatic rings. The van der Waals surface area contributed by atoms with Crippen LogP contribution in [0.4, 0.5) is 0 Å². The van der Waals surface area contributed by atoms with E-state index in [-0.39, 0.29) is 101 Å². The first-order chi connectivity index (χ1) is 46.7. The molecular formula is C67H86ClN15O15. The zero-order chi connectivity index (χ0) is 71.2. The van der Waals surface area contributed by atoms with Gasteiger partial charge in [0, 0.05) is 57.4 Å². The van der Waals surface area contributed by atoms with E-state index >= 15 is 14.4 Å². The van der Waals surface area contributed by atoms with Gasteiger partial charge in [-0.3, -0.25) is 62.5 Å². The average Bonchev–Trinajstić information content (AvgIpc) is 1.53. The van der Waals surface area contributed by atoms with Gasteiger partial charge in [-0.25, -0.2) is 4.79 Å². The van der Waals surface area contributed by atoms with Crippen molar-refractivity contribution in [1.82, 2.24) is 63.4 Å². The summed E-state index contributed by atoms with van der Waals surface area (Å²) in [6.07, 6.45) is -2.34. The molecular weight excluding hydrogens is 1290 g/mol. The van der Waals surface area contributed by atoms with Crippen LogP contribution in [-0.2, 0) is 81.6 Å². The number of nitrogens with one attached hydrogen (secondary N) is 11. The van der Waals surface area contributed by atoms with E-state index in [2.05, 4.69) is 63.5 Å². The summed E-state index contributed by atoms with van der Waals surface area (Å²) in [7, 11) is 0. The molecule has 30 nitrogen and oxygen atoms in total. The van der Waals surface area contributed by atoms with E-state index in [0.717, 1.165) is 10.8 Å². The molecule has 4 aliphatic heterocycles. The number of fused-ring (bicyclic) bond motifs is 26. The Hall–Kier alpha value is -10.4. The maximum atomic E-state index is 15.2. The molecule has 0 saturated carbocycles. The standard InChI is InChI=1S/C67H86ClN15O15/c1-36(2)28-47-58(89)76-46-12-6-7-25-71-55(86)33-51(80-61(92)50(30-38-16-21-43(68)22-17-38)78-59(90)48(74-37(3)84)32-40-15-20-41-10-4-5-11-42(41)29-40)63(94)81-52(34-56(87)73-35-53(66(97)98)82-64(95)54-14-9-27-83(54)65(46)96)62(93)79-49(31-39-18-23-44(85)24-19-39)60(91)75-45(57(88)77-47)13-8-26-72-67(69)70/h4-5,10-11,15-24,29,36,45-54,85H,6-9,12-14,25-28,30-35H2,1-3H3,(H,71,86)(H,73,87)(H,74,84)(H,75,91)(H,76,89)(H,77,88)(H,78,90)(H,79,93)(H,80,92)(H,81,94)(H,82,95)(H,97,98)(H4,69,70,72)/t45-,46+,47+,48-,49+,50-,51-,52+,53+,54+/m1/s1. The van der Waals surface area contributed by atoms with Gasteiger partial charge in [-0.2, -0.15) is 0 Å². The Balaban J connectivity index is 1.32. The van der Waals surface area contributed by atoms with Crippen LogP contribution in [0.3, 0.4) is 0 Å². The molecule has 4 aromatic carbocycles. The lowest BCUT2D eigenvalue weighted by Gasteiger charge is -2.31. The van der Waals surface area contributed by atoms with Crippen LogP contribution in [0.2, 0.25) is 5.02 Å². The van der Waals surface area contributed by atoms with Gasteiger partial charge in [-0.1, -0.05) is 92.2 Å². The molecule has 4 saturated heterocycles. The minimum atomic E-state index is -2.09. The first-order valence-electron chi connectivity index (χ1n) is 32.5. The number of amides is 12. The fourth-order valence-electron chi connectivity index (χ4n) is 11.7. The molecule has 0 aromatic heterocycles. The van der Waals surface area contributed by atoms with Crippen molar-refractivity contribution in [2.75, 3.05) is 26.2 Å². The second-order valence-electron chi connectivity index (χ2n) is 25.0. The minimum Gasteiger partial charge on any atom is -0.508 e. The maximum Gasteiger partial charge on any atom is 0.328 e. The monoisotopic (exact) mass is 1380 g/mol. The zero-order valence-electron chi connectivity index (χ0n) is 54.7. The van der Waals surface area contributed by atoms with E-state index in [4.69, 9.17) is 23.1 Å². The number of guanidine groups is 1. The fraction of sp³-hybridized carbons (Fsp3) is 0.463. The smallest absolute Gasteiger partial charge is 0.328 e. The molecule has 0 unspecified atom stereocenters. The Labute approximate surface area is 570 Å². The summed E-state index contributed by atoms with van der Waals surface area (Å²) in [4.78, 5) is 193. The molecule has 98 heavy (non-hydrogen) atoms. The van der Waals surface area contributed by atoms with Crippen molar-refractivity contribution < 1.29 is 72.5 Å². The number of carboxylic acid groups (broad SMARTS) is 1. The van der Waals surface area contributed by atoms with Gasteiger partial charge in [-0.05, 0) is 109 Å². The first-order valence-corrected chi connectivity index (χ1v) is 32.9. The van der Waals surface area contributed by atoms with Crippen LogP contribution in [0.1, 0.15) is 102 Å². The van der Waals surface area contributed by atoms with Gasteiger partial charge in [0.05, 0.1) is 12.8 Å². The third-order valence-corrected chi connectivity index (χ3v) is 17.0. The Kier molecular flexibility index (Phi) is 27.6. The molecule has 4 heterocycles. The predicted molar refractivity (Wildman–Crippen MR) is 359 cm³/mol. The van der Waals surface area contributed by atoms with Crippen molar-refractivity contribution in [1.29, 1.82) is 0 Å². The molecule has 31 heteroatoms. The van der Waals surface area contributed by atoms with Crippen LogP contribution in [-0.4, -0.2) is 185 Å². The highest BCUT2D eigenvalue weighted by atomic mass is 35.5. The van der Waals surface area contributed by atoms with E-state index < -0.39 is 163 Å². The number of nitrogens with two attached hydrogens (primary N) is 2. The van der Waals surface area contributed by atoms with Gasteiger partial charge in [0.15, 0.2) is 5.96 Å². The fourth-order valence-corrected chi connectivity index (χ4v) is 11.8. The number of hydrogen-bond donors (Lipinski definition) is 15. The van der Waals surface area contributed by atoms with Gasteiger partial charge in [0.25, 0.3) is 0 Å². The third kappa shape index (κ3) is 22.9. The number of carbonyl (C=O) groups excluding carboxylic acids is 12. The van der Waals surface area contributed by atoms with Crippen molar-refractivity contribution in [2.24, 2.45) is 22.4 Å². The minimum absolute atomic E-state index is 0.000257. The van der Waals surface area contributed by atoms with Crippen molar-refractivity contribution in [2.45, 2.75) is 165 Å². The molecule has 2 bridgehead atoms. The first kappa shape index (κ1) is 75.0. The number of aliphatic carboxylic acids is 1. The largest absolute Gasteiger partial charge is 0.508 e. The molecule has 0 radical (unpaired) electrons. The summed E-state index contributed by atoms with van der Waals surface area (Å²) in [6, 6.07) is 8.54.